The van der Waals surface area contributed by atoms with Crippen LogP contribution in [0.3, 0.4) is 0 Å². The van der Waals surface area contributed by atoms with Gasteiger partial charge in [0.2, 0.25) is 0 Å². The fourth-order valence-corrected chi connectivity index (χ4v) is 3.21. The Balaban J connectivity index is 1.75. The summed E-state index contributed by atoms with van der Waals surface area (Å²) in [5.41, 5.74) is 0.718. The van der Waals surface area contributed by atoms with Crippen LogP contribution in [0.4, 0.5) is 0 Å². The topological polar surface area (TPSA) is 119 Å². The van der Waals surface area contributed by atoms with E-state index < -0.39 is 17.8 Å². The predicted octanol–water partition coefficient (Wildman–Crippen LogP) is 1.17. The van der Waals surface area contributed by atoms with Gasteiger partial charge in [-0.3, -0.25) is 9.59 Å². The quantitative estimate of drug-likeness (QED) is 0.773. The van der Waals surface area contributed by atoms with Gasteiger partial charge in [-0.25, -0.2) is 0 Å². The Morgan fingerprint density at radius 3 is 2.81 bits per heavy atom. The van der Waals surface area contributed by atoms with Crippen LogP contribution in [0.1, 0.15) is 23.2 Å². The molecular formula is C16H18ClN5O4. The number of carbonyl (C=O) groups excluding carboxylic acids is 1. The highest BCUT2D eigenvalue weighted by Gasteiger charge is 2.30. The minimum Gasteiger partial charge on any atom is -0.481 e. The summed E-state index contributed by atoms with van der Waals surface area (Å²) in [5, 5.41) is 23.5. The number of ether oxygens (including phenoxy) is 1. The third-order valence-corrected chi connectivity index (χ3v) is 4.67. The third kappa shape index (κ3) is 4.17. The molecule has 0 aliphatic carbocycles. The van der Waals surface area contributed by atoms with Crippen LogP contribution in [0.15, 0.2) is 24.5 Å². The largest absolute Gasteiger partial charge is 0.481 e. The number of halogens is 1. The summed E-state index contributed by atoms with van der Waals surface area (Å²) in [7, 11) is 0. The fraction of sp³-hybridized carbons (Fsp3) is 0.438. The lowest BCUT2D eigenvalue weighted by atomic mass is 9.86. The highest BCUT2D eigenvalue weighted by atomic mass is 35.5. The molecule has 0 bridgehead atoms. The molecule has 138 valence electrons. The van der Waals surface area contributed by atoms with Gasteiger partial charge in [0.05, 0.1) is 17.2 Å². The van der Waals surface area contributed by atoms with Crippen molar-refractivity contribution in [3.8, 4) is 5.69 Å². The third-order valence-electron chi connectivity index (χ3n) is 4.43. The number of amides is 1. The van der Waals surface area contributed by atoms with Gasteiger partial charge >= 0.3 is 5.97 Å². The molecule has 2 aromatic rings. The van der Waals surface area contributed by atoms with Crippen molar-refractivity contribution in [2.45, 2.75) is 12.8 Å². The first-order valence-electron chi connectivity index (χ1n) is 8.18. The molecule has 1 aliphatic heterocycles. The van der Waals surface area contributed by atoms with Crippen molar-refractivity contribution in [3.63, 3.8) is 0 Å². The van der Waals surface area contributed by atoms with Crippen LogP contribution in [0.25, 0.3) is 5.69 Å². The minimum absolute atomic E-state index is 0.0279. The van der Waals surface area contributed by atoms with Gasteiger partial charge in [-0.1, -0.05) is 11.6 Å². The van der Waals surface area contributed by atoms with Gasteiger partial charge in [0.15, 0.2) is 0 Å². The first kappa shape index (κ1) is 18.3. The van der Waals surface area contributed by atoms with Crippen LogP contribution in [0.2, 0.25) is 5.02 Å². The molecule has 0 spiro atoms. The van der Waals surface area contributed by atoms with Gasteiger partial charge in [0.25, 0.3) is 5.91 Å². The highest BCUT2D eigenvalue weighted by Crippen LogP contribution is 2.24. The second-order valence-corrected chi connectivity index (χ2v) is 6.46. The molecule has 1 atom stereocenters. The molecule has 0 saturated carbocycles. The van der Waals surface area contributed by atoms with E-state index in [0.717, 1.165) is 0 Å². The molecule has 10 heteroatoms. The van der Waals surface area contributed by atoms with Gasteiger partial charge in [-0.2, -0.15) is 4.68 Å². The number of benzene rings is 1. The number of hydrogen-bond donors (Lipinski definition) is 2. The van der Waals surface area contributed by atoms with Gasteiger partial charge in [-0.15, -0.1) is 5.10 Å². The zero-order valence-corrected chi connectivity index (χ0v) is 14.6. The average molecular weight is 380 g/mol. The lowest BCUT2D eigenvalue weighted by molar-refractivity contribution is -0.144. The Morgan fingerprint density at radius 2 is 2.15 bits per heavy atom. The predicted molar refractivity (Wildman–Crippen MR) is 91.2 cm³/mol. The first-order chi connectivity index (χ1) is 12.6. The van der Waals surface area contributed by atoms with Crippen molar-refractivity contribution < 1.29 is 19.4 Å². The fourth-order valence-electron chi connectivity index (χ4n) is 3.03. The zero-order valence-electron chi connectivity index (χ0n) is 13.8. The van der Waals surface area contributed by atoms with Crippen LogP contribution < -0.4 is 5.32 Å². The maximum absolute atomic E-state index is 12.7. The van der Waals surface area contributed by atoms with Crippen molar-refractivity contribution in [2.75, 3.05) is 19.8 Å². The lowest BCUT2D eigenvalue weighted by Gasteiger charge is -2.27. The van der Waals surface area contributed by atoms with Crippen LogP contribution in [0.5, 0.6) is 0 Å². The summed E-state index contributed by atoms with van der Waals surface area (Å²) in [6.07, 6.45) is 2.70. The van der Waals surface area contributed by atoms with Crippen LogP contribution in [-0.2, 0) is 9.53 Å². The van der Waals surface area contributed by atoms with Crippen LogP contribution in [0, 0.1) is 11.8 Å². The summed E-state index contributed by atoms with van der Waals surface area (Å²) in [5.74, 6) is -2.06. The van der Waals surface area contributed by atoms with Gasteiger partial charge in [-0.05, 0) is 47.4 Å². The molecule has 3 rings (SSSR count). The number of rotatable bonds is 6. The zero-order chi connectivity index (χ0) is 18.5. The number of nitrogens with one attached hydrogen (secondary N) is 1. The number of carbonyl (C=O) groups is 2. The molecule has 1 aromatic heterocycles. The summed E-state index contributed by atoms with van der Waals surface area (Å²) in [4.78, 5) is 24.3. The second-order valence-electron chi connectivity index (χ2n) is 6.02. The Morgan fingerprint density at radius 1 is 1.38 bits per heavy atom. The molecule has 1 aromatic carbocycles. The van der Waals surface area contributed by atoms with E-state index in [-0.39, 0.29) is 18.0 Å². The maximum atomic E-state index is 12.7. The second kappa shape index (κ2) is 8.24. The summed E-state index contributed by atoms with van der Waals surface area (Å²) < 4.78 is 6.62. The van der Waals surface area contributed by atoms with Crippen molar-refractivity contribution in [1.29, 1.82) is 0 Å². The molecule has 2 N–H and O–H groups in total. The summed E-state index contributed by atoms with van der Waals surface area (Å²) in [6, 6.07) is 4.75. The van der Waals surface area contributed by atoms with Crippen molar-refractivity contribution in [2.24, 2.45) is 11.8 Å². The molecule has 26 heavy (non-hydrogen) atoms. The summed E-state index contributed by atoms with van der Waals surface area (Å²) in [6.45, 7) is 1.11. The summed E-state index contributed by atoms with van der Waals surface area (Å²) >= 11 is 6.01. The molecule has 0 radical (unpaired) electrons. The average Bonchev–Trinajstić information content (AvgIpc) is 3.16. The van der Waals surface area contributed by atoms with Crippen LogP contribution >= 0.6 is 11.6 Å². The van der Waals surface area contributed by atoms with Gasteiger partial charge in [0, 0.05) is 24.8 Å². The molecule has 1 aliphatic rings. The Bertz CT molecular complexity index is 777. The monoisotopic (exact) mass is 379 g/mol. The molecular weight excluding hydrogens is 362 g/mol. The molecule has 1 amide bonds. The number of nitrogens with zero attached hydrogens (tertiary/aromatic N) is 4. The SMILES string of the molecule is O=C(NCC(C(=O)O)C1CCOCC1)c1cc(Cl)ccc1-n1cnnn1. The maximum Gasteiger partial charge on any atom is 0.308 e. The number of aromatic nitrogens is 4. The van der Waals surface area contributed by atoms with E-state index in [4.69, 9.17) is 16.3 Å². The Hall–Kier alpha value is -2.52. The minimum atomic E-state index is -0.927. The van der Waals surface area contributed by atoms with E-state index in [0.29, 0.717) is 36.8 Å². The highest BCUT2D eigenvalue weighted by molar-refractivity contribution is 6.31. The number of carboxylic acid groups (broad SMARTS) is 1. The van der Waals surface area contributed by atoms with Crippen molar-refractivity contribution in [3.05, 3.63) is 35.1 Å². The number of aliphatic carboxylic acids is 1. The van der Waals surface area contributed by atoms with E-state index in [1.807, 2.05) is 0 Å². The molecule has 9 nitrogen and oxygen atoms in total. The molecule has 2 heterocycles. The molecule has 1 saturated heterocycles. The van der Waals surface area contributed by atoms with Crippen molar-refractivity contribution in [1.82, 2.24) is 25.5 Å². The van der Waals surface area contributed by atoms with Gasteiger partial charge < -0.3 is 15.2 Å². The standard InChI is InChI=1S/C16H18ClN5O4/c17-11-1-2-14(22-9-19-20-21-22)12(7-11)15(23)18-8-13(16(24)25)10-3-5-26-6-4-10/h1-2,7,9-10,13H,3-6,8H2,(H,18,23)(H,24,25). The van der Waals surface area contributed by atoms with Crippen LogP contribution in [-0.4, -0.2) is 56.9 Å². The Labute approximate surface area is 154 Å². The van der Waals surface area contributed by atoms with Crippen molar-refractivity contribution >= 4 is 23.5 Å². The van der Waals surface area contributed by atoms with E-state index in [2.05, 4.69) is 20.8 Å². The van der Waals surface area contributed by atoms with E-state index in [9.17, 15) is 14.7 Å². The first-order valence-corrected chi connectivity index (χ1v) is 8.55. The molecule has 1 unspecified atom stereocenters. The Kier molecular flexibility index (Phi) is 5.79. The lowest BCUT2D eigenvalue weighted by Crippen LogP contribution is -2.39. The normalized spacial score (nSPS) is 16.2. The van der Waals surface area contributed by atoms with E-state index in [1.54, 1.807) is 12.1 Å². The number of carboxylic acids is 1. The number of hydrogen-bond acceptors (Lipinski definition) is 6. The number of tetrazole rings is 1. The smallest absolute Gasteiger partial charge is 0.308 e. The van der Waals surface area contributed by atoms with E-state index >= 15 is 0 Å². The van der Waals surface area contributed by atoms with E-state index in [1.165, 1.54) is 17.1 Å². The van der Waals surface area contributed by atoms with Gasteiger partial charge in [0.1, 0.15) is 6.33 Å². The molecule has 1 fully saturated rings.